The summed E-state index contributed by atoms with van der Waals surface area (Å²) in [5.41, 5.74) is 0.0681. The van der Waals surface area contributed by atoms with Gasteiger partial charge >= 0.3 is 6.18 Å². The van der Waals surface area contributed by atoms with Crippen LogP contribution in [0.15, 0.2) is 12.4 Å². The first kappa shape index (κ1) is 10.7. The first-order chi connectivity index (χ1) is 7.41. The number of anilines is 1. The van der Waals surface area contributed by atoms with Crippen molar-refractivity contribution in [3.8, 4) is 0 Å². The third-order valence-electron chi connectivity index (χ3n) is 2.01. The highest BCUT2D eigenvalue weighted by Crippen LogP contribution is 2.29. The van der Waals surface area contributed by atoms with Crippen molar-refractivity contribution in [1.29, 1.82) is 0 Å². The number of nitrogens with zero attached hydrogens (tertiary/aromatic N) is 5. The summed E-state index contributed by atoms with van der Waals surface area (Å²) in [6.07, 6.45) is -1.98. The summed E-state index contributed by atoms with van der Waals surface area (Å²) in [5.74, 6) is -0.775. The van der Waals surface area contributed by atoms with Gasteiger partial charge in [-0.15, -0.1) is 10.2 Å². The highest BCUT2D eigenvalue weighted by Gasteiger charge is 2.37. The summed E-state index contributed by atoms with van der Waals surface area (Å²) >= 11 is 0. The van der Waals surface area contributed by atoms with Crippen LogP contribution < -0.4 is 4.90 Å². The van der Waals surface area contributed by atoms with Crippen molar-refractivity contribution in [2.24, 2.45) is 0 Å². The lowest BCUT2D eigenvalue weighted by molar-refractivity contribution is -0.145. The van der Waals surface area contributed by atoms with Crippen LogP contribution in [0.2, 0.25) is 0 Å². The highest BCUT2D eigenvalue weighted by atomic mass is 19.4. The predicted octanol–water partition coefficient (Wildman–Crippen LogP) is 1.21. The number of halogens is 3. The second kappa shape index (κ2) is 3.32. The quantitative estimate of drug-likeness (QED) is 0.740. The molecule has 0 amide bonds. The first-order valence-electron chi connectivity index (χ1n) is 4.35. The zero-order valence-electron chi connectivity index (χ0n) is 8.52. The van der Waals surface area contributed by atoms with Crippen LogP contribution in [0.5, 0.6) is 0 Å². The lowest BCUT2D eigenvalue weighted by atomic mass is 10.5. The molecule has 0 bridgehead atoms. The molecule has 0 fully saturated rings. The van der Waals surface area contributed by atoms with Crippen molar-refractivity contribution in [3.05, 3.63) is 18.2 Å². The topological polar surface area (TPSA) is 46.3 Å². The smallest absolute Gasteiger partial charge is 0.362 e. The lowest BCUT2D eigenvalue weighted by Gasteiger charge is -2.15. The molecule has 0 spiro atoms. The summed E-state index contributed by atoms with van der Waals surface area (Å²) < 4.78 is 38.8. The monoisotopic (exact) mass is 231 g/mol. The SMILES string of the molecule is CN(C)c1cncc2nnc(C(F)(F)F)n12. The second-order valence-electron chi connectivity index (χ2n) is 3.37. The Morgan fingerprint density at radius 1 is 1.19 bits per heavy atom. The molecule has 0 aliphatic heterocycles. The average Bonchev–Trinajstić information content (AvgIpc) is 2.59. The van der Waals surface area contributed by atoms with Gasteiger partial charge in [-0.2, -0.15) is 13.2 Å². The van der Waals surface area contributed by atoms with E-state index in [2.05, 4.69) is 15.2 Å². The van der Waals surface area contributed by atoms with Crippen LogP contribution in [0, 0.1) is 0 Å². The highest BCUT2D eigenvalue weighted by molar-refractivity contribution is 5.48. The van der Waals surface area contributed by atoms with Gasteiger partial charge in [-0.25, -0.2) is 0 Å². The number of aromatic nitrogens is 4. The van der Waals surface area contributed by atoms with E-state index in [0.717, 1.165) is 4.40 Å². The molecular weight excluding hydrogens is 223 g/mol. The van der Waals surface area contributed by atoms with Crippen molar-refractivity contribution in [2.75, 3.05) is 19.0 Å². The molecule has 16 heavy (non-hydrogen) atoms. The number of fused-ring (bicyclic) bond motifs is 1. The van der Waals surface area contributed by atoms with Gasteiger partial charge in [0.2, 0.25) is 5.82 Å². The Morgan fingerprint density at radius 3 is 2.44 bits per heavy atom. The fourth-order valence-electron chi connectivity index (χ4n) is 1.33. The molecule has 0 N–H and O–H groups in total. The minimum absolute atomic E-state index is 0.0681. The molecule has 2 aromatic rings. The van der Waals surface area contributed by atoms with Crippen molar-refractivity contribution >= 4 is 11.5 Å². The molecule has 2 aromatic heterocycles. The third kappa shape index (κ3) is 1.55. The molecule has 0 saturated heterocycles. The zero-order valence-corrected chi connectivity index (χ0v) is 8.52. The largest absolute Gasteiger partial charge is 0.452 e. The third-order valence-corrected chi connectivity index (χ3v) is 2.01. The summed E-state index contributed by atoms with van der Waals surface area (Å²) in [5, 5.41) is 6.56. The summed E-state index contributed by atoms with van der Waals surface area (Å²) in [7, 11) is 3.24. The van der Waals surface area contributed by atoms with Crippen LogP contribution >= 0.6 is 0 Å². The minimum atomic E-state index is -4.54. The van der Waals surface area contributed by atoms with Gasteiger partial charge in [0.1, 0.15) is 5.82 Å². The maximum absolute atomic E-state index is 12.6. The van der Waals surface area contributed by atoms with Crippen molar-refractivity contribution < 1.29 is 13.2 Å². The van der Waals surface area contributed by atoms with Gasteiger partial charge in [0.05, 0.1) is 12.4 Å². The van der Waals surface area contributed by atoms with Gasteiger partial charge < -0.3 is 4.90 Å². The molecule has 0 aromatic carbocycles. The molecule has 0 radical (unpaired) electrons. The van der Waals surface area contributed by atoms with Crippen LogP contribution in [0.4, 0.5) is 19.0 Å². The minimum Gasteiger partial charge on any atom is -0.362 e. The molecule has 0 aliphatic rings. The van der Waals surface area contributed by atoms with E-state index in [0.29, 0.717) is 0 Å². The van der Waals surface area contributed by atoms with E-state index >= 15 is 0 Å². The molecule has 0 atom stereocenters. The Morgan fingerprint density at radius 2 is 1.88 bits per heavy atom. The first-order valence-corrected chi connectivity index (χ1v) is 4.35. The van der Waals surface area contributed by atoms with Gasteiger partial charge in [-0.05, 0) is 0 Å². The Hall–Kier alpha value is -1.86. The van der Waals surface area contributed by atoms with E-state index in [1.807, 2.05) is 0 Å². The van der Waals surface area contributed by atoms with Crippen LogP contribution in [-0.2, 0) is 6.18 Å². The van der Waals surface area contributed by atoms with Gasteiger partial charge in [-0.3, -0.25) is 9.38 Å². The van der Waals surface area contributed by atoms with Crippen LogP contribution in [0.1, 0.15) is 5.82 Å². The normalized spacial score (nSPS) is 12.1. The zero-order chi connectivity index (χ0) is 11.9. The molecular formula is C8H8F3N5. The van der Waals surface area contributed by atoms with E-state index in [1.165, 1.54) is 17.3 Å². The summed E-state index contributed by atoms with van der Waals surface area (Å²) in [6.45, 7) is 0. The second-order valence-corrected chi connectivity index (χ2v) is 3.37. The van der Waals surface area contributed by atoms with Crippen molar-refractivity contribution in [1.82, 2.24) is 19.6 Å². The van der Waals surface area contributed by atoms with E-state index in [1.54, 1.807) is 14.1 Å². The number of rotatable bonds is 1. The Balaban J connectivity index is 2.78. The van der Waals surface area contributed by atoms with E-state index in [-0.39, 0.29) is 11.5 Å². The fourth-order valence-corrected chi connectivity index (χ4v) is 1.33. The van der Waals surface area contributed by atoms with Gasteiger partial charge in [0.15, 0.2) is 5.65 Å². The Labute approximate surface area is 88.5 Å². The molecule has 2 heterocycles. The lowest BCUT2D eigenvalue weighted by Crippen LogP contribution is -2.18. The molecule has 5 nitrogen and oxygen atoms in total. The maximum atomic E-state index is 12.6. The molecule has 8 heteroatoms. The Bertz CT molecular complexity index is 516. The fraction of sp³-hybridized carbons (Fsp3) is 0.375. The summed E-state index contributed by atoms with van der Waals surface area (Å²) in [4.78, 5) is 5.31. The van der Waals surface area contributed by atoms with Crippen LogP contribution in [0.25, 0.3) is 5.65 Å². The number of alkyl halides is 3. The van der Waals surface area contributed by atoms with Crippen molar-refractivity contribution in [2.45, 2.75) is 6.18 Å². The van der Waals surface area contributed by atoms with Crippen LogP contribution in [0.3, 0.4) is 0 Å². The van der Waals surface area contributed by atoms with E-state index in [4.69, 9.17) is 0 Å². The maximum Gasteiger partial charge on any atom is 0.452 e. The Kier molecular flexibility index (Phi) is 2.21. The predicted molar refractivity (Wildman–Crippen MR) is 50.1 cm³/mol. The molecule has 0 saturated carbocycles. The number of hydrogen-bond donors (Lipinski definition) is 0. The van der Waals surface area contributed by atoms with Gasteiger partial charge in [0, 0.05) is 14.1 Å². The van der Waals surface area contributed by atoms with Crippen molar-refractivity contribution in [3.63, 3.8) is 0 Å². The molecule has 0 unspecified atom stereocenters. The summed E-state index contributed by atoms with van der Waals surface area (Å²) in [6, 6.07) is 0. The van der Waals surface area contributed by atoms with Crippen LogP contribution in [-0.4, -0.2) is 33.7 Å². The van der Waals surface area contributed by atoms with E-state index < -0.39 is 12.0 Å². The number of hydrogen-bond acceptors (Lipinski definition) is 4. The van der Waals surface area contributed by atoms with E-state index in [9.17, 15) is 13.2 Å². The van der Waals surface area contributed by atoms with Gasteiger partial charge in [-0.1, -0.05) is 0 Å². The standard InChI is InChI=1S/C8H8F3N5/c1-15(2)6-4-12-3-5-13-14-7(16(5)6)8(9,10)11/h3-4H,1-2H3. The average molecular weight is 231 g/mol. The molecule has 86 valence electrons. The van der Waals surface area contributed by atoms with Gasteiger partial charge in [0.25, 0.3) is 0 Å². The molecule has 2 rings (SSSR count). The molecule has 0 aliphatic carbocycles.